The smallest absolute Gasteiger partial charge is 0.240 e. The van der Waals surface area contributed by atoms with E-state index in [1.165, 1.54) is 0 Å². The number of hydrogen-bond donors (Lipinski definition) is 1. The second kappa shape index (κ2) is 6.48. The van der Waals surface area contributed by atoms with Crippen LogP contribution in [0.15, 0.2) is 5.38 Å². The third kappa shape index (κ3) is 3.34. The summed E-state index contributed by atoms with van der Waals surface area (Å²) >= 11 is 1.65. The molecule has 0 saturated carbocycles. The van der Waals surface area contributed by atoms with Crippen LogP contribution in [0.25, 0.3) is 0 Å². The Bertz CT molecular complexity index is 432. The Kier molecular flexibility index (Phi) is 4.93. The van der Waals surface area contributed by atoms with E-state index in [0.29, 0.717) is 0 Å². The molecule has 0 radical (unpaired) electrons. The number of nitrogens with one attached hydrogen (secondary N) is 1. The summed E-state index contributed by atoms with van der Waals surface area (Å²) < 4.78 is 0. The summed E-state index contributed by atoms with van der Waals surface area (Å²) in [5.74, 6) is 0.236. The third-order valence-electron chi connectivity index (χ3n) is 3.58. The van der Waals surface area contributed by atoms with Crippen LogP contribution in [-0.4, -0.2) is 34.9 Å². The van der Waals surface area contributed by atoms with Crippen LogP contribution in [0.2, 0.25) is 0 Å². The first-order valence-electron chi connectivity index (χ1n) is 7.09. The first kappa shape index (κ1) is 14.5. The van der Waals surface area contributed by atoms with Crippen LogP contribution in [0.4, 0.5) is 0 Å². The summed E-state index contributed by atoms with van der Waals surface area (Å²) in [6.45, 7) is 7.96. The van der Waals surface area contributed by atoms with Crippen molar-refractivity contribution in [1.29, 1.82) is 0 Å². The summed E-state index contributed by atoms with van der Waals surface area (Å²) in [7, 11) is 0. The molecule has 1 amide bonds. The molecular weight excluding hydrogens is 258 g/mol. The van der Waals surface area contributed by atoms with Gasteiger partial charge in [-0.3, -0.25) is 4.79 Å². The van der Waals surface area contributed by atoms with Crippen molar-refractivity contribution < 1.29 is 4.79 Å². The molecule has 4 nitrogen and oxygen atoms in total. The molecule has 1 fully saturated rings. The minimum Gasteiger partial charge on any atom is -0.332 e. The Hall–Kier alpha value is -0.940. The molecule has 0 aliphatic carbocycles. The van der Waals surface area contributed by atoms with Gasteiger partial charge in [0, 0.05) is 17.6 Å². The van der Waals surface area contributed by atoms with Gasteiger partial charge in [0.25, 0.3) is 0 Å². The molecule has 1 aliphatic heterocycles. The molecule has 2 unspecified atom stereocenters. The zero-order valence-corrected chi connectivity index (χ0v) is 12.8. The minimum atomic E-state index is -0.00258. The largest absolute Gasteiger partial charge is 0.332 e. The molecule has 2 rings (SSSR count). The van der Waals surface area contributed by atoms with Crippen molar-refractivity contribution in [2.45, 2.75) is 52.1 Å². The van der Waals surface area contributed by atoms with Crippen molar-refractivity contribution in [1.82, 2.24) is 15.2 Å². The van der Waals surface area contributed by atoms with Gasteiger partial charge < -0.3 is 10.2 Å². The van der Waals surface area contributed by atoms with E-state index in [9.17, 15) is 4.79 Å². The molecule has 2 heterocycles. The highest BCUT2D eigenvalue weighted by Crippen LogP contribution is 2.27. The van der Waals surface area contributed by atoms with Gasteiger partial charge in [-0.05, 0) is 39.7 Å². The van der Waals surface area contributed by atoms with E-state index >= 15 is 0 Å². The van der Waals surface area contributed by atoms with Gasteiger partial charge >= 0.3 is 0 Å². The van der Waals surface area contributed by atoms with Crippen LogP contribution >= 0.6 is 11.3 Å². The minimum absolute atomic E-state index is 0.00258. The first-order chi connectivity index (χ1) is 9.13. The molecule has 1 aromatic heterocycles. The Labute approximate surface area is 119 Å². The molecule has 0 spiro atoms. The summed E-state index contributed by atoms with van der Waals surface area (Å²) in [6.07, 6.45) is 3.09. The SMILES string of the molecule is CCCNC1CCCN(C(C)c2nc(C)cs2)C1=O. The van der Waals surface area contributed by atoms with Crippen LogP contribution in [-0.2, 0) is 4.79 Å². The number of likely N-dealkylation sites (tertiary alicyclic amines) is 1. The Balaban J connectivity index is 2.04. The molecule has 1 saturated heterocycles. The molecule has 0 aromatic carbocycles. The number of carbonyl (C=O) groups is 1. The van der Waals surface area contributed by atoms with Crippen molar-refractivity contribution in [2.24, 2.45) is 0 Å². The van der Waals surface area contributed by atoms with Crippen LogP contribution < -0.4 is 5.32 Å². The Morgan fingerprint density at radius 3 is 3.05 bits per heavy atom. The standard InChI is InChI=1S/C14H23N3OS/c1-4-7-15-12-6-5-8-17(14(12)18)11(3)13-16-10(2)9-19-13/h9,11-12,15H,4-8H2,1-3H3. The number of aryl methyl sites for hydroxylation is 1. The first-order valence-corrected chi connectivity index (χ1v) is 7.97. The Morgan fingerprint density at radius 2 is 2.42 bits per heavy atom. The van der Waals surface area contributed by atoms with Gasteiger partial charge in [-0.15, -0.1) is 11.3 Å². The van der Waals surface area contributed by atoms with Gasteiger partial charge in [0.15, 0.2) is 0 Å². The van der Waals surface area contributed by atoms with Crippen LogP contribution in [0.3, 0.4) is 0 Å². The zero-order valence-electron chi connectivity index (χ0n) is 12.0. The van der Waals surface area contributed by atoms with Gasteiger partial charge in [-0.25, -0.2) is 4.98 Å². The third-order valence-corrected chi connectivity index (χ3v) is 4.71. The second-order valence-corrected chi connectivity index (χ2v) is 6.07. The van der Waals surface area contributed by atoms with Crippen molar-refractivity contribution in [3.05, 3.63) is 16.1 Å². The monoisotopic (exact) mass is 281 g/mol. The topological polar surface area (TPSA) is 45.2 Å². The molecule has 19 heavy (non-hydrogen) atoms. The van der Waals surface area contributed by atoms with Gasteiger partial charge in [-0.2, -0.15) is 0 Å². The number of amides is 1. The number of aromatic nitrogens is 1. The maximum Gasteiger partial charge on any atom is 0.240 e. The van der Waals surface area contributed by atoms with E-state index < -0.39 is 0 Å². The van der Waals surface area contributed by atoms with Crippen LogP contribution in [0, 0.1) is 6.92 Å². The summed E-state index contributed by atoms with van der Waals surface area (Å²) in [6, 6.07) is 0.0923. The highest BCUT2D eigenvalue weighted by molar-refractivity contribution is 7.09. The fourth-order valence-corrected chi connectivity index (χ4v) is 3.35. The summed E-state index contributed by atoms with van der Waals surface area (Å²) in [5.41, 5.74) is 1.04. The fraction of sp³-hybridized carbons (Fsp3) is 0.714. The molecule has 1 aliphatic rings. The molecule has 0 bridgehead atoms. The van der Waals surface area contributed by atoms with E-state index in [1.54, 1.807) is 11.3 Å². The van der Waals surface area contributed by atoms with E-state index in [2.05, 4.69) is 24.1 Å². The quantitative estimate of drug-likeness (QED) is 0.902. The van der Waals surface area contributed by atoms with E-state index in [-0.39, 0.29) is 18.0 Å². The number of rotatable bonds is 5. The Morgan fingerprint density at radius 1 is 1.63 bits per heavy atom. The van der Waals surface area contributed by atoms with Gasteiger partial charge in [0.05, 0.1) is 12.1 Å². The second-order valence-electron chi connectivity index (χ2n) is 5.18. The highest BCUT2D eigenvalue weighted by Gasteiger charge is 2.32. The lowest BCUT2D eigenvalue weighted by molar-refractivity contribution is -0.138. The molecule has 2 atom stereocenters. The normalized spacial score (nSPS) is 21.7. The maximum atomic E-state index is 12.5. The molecular formula is C14H23N3OS. The average Bonchev–Trinajstić information content (AvgIpc) is 2.83. The van der Waals surface area contributed by atoms with Gasteiger partial charge in [0.1, 0.15) is 5.01 Å². The van der Waals surface area contributed by atoms with Crippen molar-refractivity contribution in [2.75, 3.05) is 13.1 Å². The lowest BCUT2D eigenvalue weighted by atomic mass is 10.0. The van der Waals surface area contributed by atoms with E-state index in [1.807, 2.05) is 17.2 Å². The van der Waals surface area contributed by atoms with Crippen LogP contribution in [0.5, 0.6) is 0 Å². The van der Waals surface area contributed by atoms with Gasteiger partial charge in [-0.1, -0.05) is 6.92 Å². The van der Waals surface area contributed by atoms with E-state index in [4.69, 9.17) is 0 Å². The number of piperidine rings is 1. The van der Waals surface area contributed by atoms with Crippen molar-refractivity contribution in [3.63, 3.8) is 0 Å². The lowest BCUT2D eigenvalue weighted by Gasteiger charge is -2.36. The van der Waals surface area contributed by atoms with Crippen LogP contribution in [0.1, 0.15) is 49.9 Å². The number of hydrogen-bond acceptors (Lipinski definition) is 4. The molecule has 106 valence electrons. The van der Waals surface area contributed by atoms with Crippen molar-refractivity contribution >= 4 is 17.2 Å². The number of thiazole rings is 1. The highest BCUT2D eigenvalue weighted by atomic mass is 32.1. The van der Waals surface area contributed by atoms with Gasteiger partial charge in [0.2, 0.25) is 5.91 Å². The number of carbonyl (C=O) groups excluding carboxylic acids is 1. The van der Waals surface area contributed by atoms with E-state index in [0.717, 1.165) is 43.1 Å². The predicted molar refractivity (Wildman–Crippen MR) is 78.3 cm³/mol. The average molecular weight is 281 g/mol. The zero-order chi connectivity index (χ0) is 13.8. The number of nitrogens with zero attached hydrogens (tertiary/aromatic N) is 2. The fourth-order valence-electron chi connectivity index (χ4n) is 2.49. The van der Waals surface area contributed by atoms with Crippen molar-refractivity contribution in [3.8, 4) is 0 Å². The molecule has 5 heteroatoms. The molecule has 1 N–H and O–H groups in total. The molecule has 1 aromatic rings. The maximum absolute atomic E-state index is 12.5. The summed E-state index contributed by atoms with van der Waals surface area (Å²) in [4.78, 5) is 19.0. The predicted octanol–water partition coefficient (Wildman–Crippen LogP) is 2.50. The summed E-state index contributed by atoms with van der Waals surface area (Å²) in [5, 5.41) is 6.45. The lowest BCUT2D eigenvalue weighted by Crippen LogP contribution is -2.51.